The van der Waals surface area contributed by atoms with Crippen molar-refractivity contribution in [1.29, 1.82) is 0 Å². The lowest BCUT2D eigenvalue weighted by Gasteiger charge is -2.17. The van der Waals surface area contributed by atoms with Gasteiger partial charge in [-0.3, -0.25) is 9.59 Å². The third-order valence-corrected chi connectivity index (χ3v) is 3.58. The van der Waals surface area contributed by atoms with Gasteiger partial charge in [-0.05, 0) is 30.5 Å². The summed E-state index contributed by atoms with van der Waals surface area (Å²) in [6.45, 7) is 4.75. The topological polar surface area (TPSA) is 84.2 Å². The van der Waals surface area contributed by atoms with Crippen molar-refractivity contribution in [1.82, 2.24) is 10.6 Å². The Morgan fingerprint density at radius 2 is 1.91 bits per heavy atom. The zero-order valence-electron chi connectivity index (χ0n) is 13.5. The molecule has 1 aromatic rings. The van der Waals surface area contributed by atoms with Crippen LogP contribution in [0.25, 0.3) is 0 Å². The van der Waals surface area contributed by atoms with E-state index < -0.39 is 11.9 Å². The lowest BCUT2D eigenvalue weighted by Crippen LogP contribution is -2.45. The third-order valence-electron chi connectivity index (χ3n) is 3.58. The van der Waals surface area contributed by atoms with Gasteiger partial charge in [0.1, 0.15) is 5.82 Å². The van der Waals surface area contributed by atoms with Crippen molar-refractivity contribution >= 4 is 24.2 Å². The van der Waals surface area contributed by atoms with Crippen molar-refractivity contribution in [2.75, 3.05) is 13.1 Å². The molecule has 2 amide bonds. The van der Waals surface area contributed by atoms with E-state index in [1.54, 1.807) is 6.07 Å². The van der Waals surface area contributed by atoms with E-state index in [-0.39, 0.29) is 35.7 Å². The zero-order chi connectivity index (χ0) is 16.5. The molecule has 0 aliphatic rings. The SMILES string of the molecule is CCC(C)C(N)C(=O)NCCCNC(=O)c1cccc(F)c1.Cl. The minimum absolute atomic E-state index is 0. The zero-order valence-corrected chi connectivity index (χ0v) is 14.3. The molecule has 0 saturated carbocycles. The maximum absolute atomic E-state index is 13.0. The molecule has 0 radical (unpaired) electrons. The minimum Gasteiger partial charge on any atom is -0.355 e. The van der Waals surface area contributed by atoms with Crippen LogP contribution in [0.4, 0.5) is 4.39 Å². The van der Waals surface area contributed by atoms with Crippen molar-refractivity contribution in [3.8, 4) is 0 Å². The summed E-state index contributed by atoms with van der Waals surface area (Å²) in [7, 11) is 0. The minimum atomic E-state index is -0.508. The van der Waals surface area contributed by atoms with Crippen LogP contribution >= 0.6 is 12.4 Å². The molecule has 1 aromatic carbocycles. The number of hydrogen-bond acceptors (Lipinski definition) is 3. The quantitative estimate of drug-likeness (QED) is 0.629. The second kappa shape index (κ2) is 11.0. The number of nitrogens with two attached hydrogens (primary N) is 1. The molecule has 1 rings (SSSR count). The van der Waals surface area contributed by atoms with Crippen LogP contribution in [-0.4, -0.2) is 30.9 Å². The van der Waals surface area contributed by atoms with Crippen LogP contribution in [0.3, 0.4) is 0 Å². The van der Waals surface area contributed by atoms with E-state index in [1.165, 1.54) is 18.2 Å². The molecule has 0 aliphatic carbocycles. The monoisotopic (exact) mass is 345 g/mol. The van der Waals surface area contributed by atoms with Gasteiger partial charge >= 0.3 is 0 Å². The van der Waals surface area contributed by atoms with Crippen LogP contribution in [-0.2, 0) is 4.79 Å². The fourth-order valence-electron chi connectivity index (χ4n) is 1.86. The van der Waals surface area contributed by atoms with Gasteiger partial charge in [0.2, 0.25) is 5.91 Å². The molecule has 2 unspecified atom stereocenters. The molecule has 0 bridgehead atoms. The Kier molecular flexibility index (Phi) is 10.2. The van der Waals surface area contributed by atoms with Gasteiger partial charge in [0.15, 0.2) is 0 Å². The van der Waals surface area contributed by atoms with Crippen LogP contribution in [0.1, 0.15) is 37.0 Å². The molecule has 2 atom stereocenters. The van der Waals surface area contributed by atoms with E-state index >= 15 is 0 Å². The summed E-state index contributed by atoms with van der Waals surface area (Å²) in [5.41, 5.74) is 6.09. The molecule has 130 valence electrons. The molecule has 0 spiro atoms. The first-order valence-electron chi connectivity index (χ1n) is 7.52. The van der Waals surface area contributed by atoms with Crippen molar-refractivity contribution in [3.05, 3.63) is 35.6 Å². The lowest BCUT2D eigenvalue weighted by molar-refractivity contribution is -0.123. The maximum Gasteiger partial charge on any atom is 0.251 e. The molecular formula is C16H25ClFN3O2. The van der Waals surface area contributed by atoms with Crippen LogP contribution in [0, 0.1) is 11.7 Å². The van der Waals surface area contributed by atoms with E-state index in [0.717, 1.165) is 6.42 Å². The van der Waals surface area contributed by atoms with Crippen LogP contribution in [0.2, 0.25) is 0 Å². The molecule has 0 saturated heterocycles. The molecule has 7 heteroatoms. The van der Waals surface area contributed by atoms with E-state index in [0.29, 0.717) is 19.5 Å². The summed E-state index contributed by atoms with van der Waals surface area (Å²) >= 11 is 0. The molecule has 0 fully saturated rings. The van der Waals surface area contributed by atoms with Gasteiger partial charge in [-0.2, -0.15) is 0 Å². The first-order chi connectivity index (χ1) is 10.5. The third kappa shape index (κ3) is 7.43. The van der Waals surface area contributed by atoms with Gasteiger partial charge < -0.3 is 16.4 Å². The van der Waals surface area contributed by atoms with E-state index in [4.69, 9.17) is 5.73 Å². The Morgan fingerprint density at radius 1 is 1.26 bits per heavy atom. The number of benzene rings is 1. The average molecular weight is 346 g/mol. The van der Waals surface area contributed by atoms with E-state index in [1.807, 2.05) is 13.8 Å². The number of hydrogen-bond donors (Lipinski definition) is 3. The molecular weight excluding hydrogens is 321 g/mol. The molecule has 0 aliphatic heterocycles. The summed E-state index contributed by atoms with van der Waals surface area (Å²) in [5, 5.41) is 5.42. The molecule has 5 nitrogen and oxygen atoms in total. The van der Waals surface area contributed by atoms with Crippen molar-refractivity contribution < 1.29 is 14.0 Å². The number of carbonyl (C=O) groups is 2. The van der Waals surface area contributed by atoms with Gasteiger partial charge in [-0.15, -0.1) is 12.4 Å². The molecule has 4 N–H and O–H groups in total. The normalized spacial score (nSPS) is 12.7. The van der Waals surface area contributed by atoms with Gasteiger partial charge in [0.05, 0.1) is 6.04 Å². The van der Waals surface area contributed by atoms with Crippen LogP contribution in [0.5, 0.6) is 0 Å². The fraction of sp³-hybridized carbons (Fsp3) is 0.500. The smallest absolute Gasteiger partial charge is 0.251 e. The summed E-state index contributed by atoms with van der Waals surface area (Å²) in [6.07, 6.45) is 1.43. The molecule has 0 heterocycles. The largest absolute Gasteiger partial charge is 0.355 e. The highest BCUT2D eigenvalue weighted by Gasteiger charge is 2.18. The lowest BCUT2D eigenvalue weighted by atomic mass is 9.99. The second-order valence-corrected chi connectivity index (χ2v) is 5.32. The number of nitrogens with one attached hydrogen (secondary N) is 2. The van der Waals surface area contributed by atoms with Crippen molar-refractivity contribution in [3.63, 3.8) is 0 Å². The summed E-state index contributed by atoms with van der Waals surface area (Å²) < 4.78 is 13.0. The number of halogens is 2. The first-order valence-corrected chi connectivity index (χ1v) is 7.52. The predicted octanol–water partition coefficient (Wildman–Crippen LogP) is 1.86. The fourth-order valence-corrected chi connectivity index (χ4v) is 1.86. The Labute approximate surface area is 142 Å². The number of amides is 2. The van der Waals surface area contributed by atoms with Gasteiger partial charge in [0.25, 0.3) is 5.91 Å². The Bertz CT molecular complexity index is 514. The summed E-state index contributed by atoms with van der Waals surface area (Å²) in [4.78, 5) is 23.5. The Hall–Kier alpha value is -1.66. The maximum atomic E-state index is 13.0. The summed E-state index contributed by atoms with van der Waals surface area (Å²) in [5.74, 6) is -0.820. The highest BCUT2D eigenvalue weighted by molar-refractivity contribution is 5.94. The number of rotatable bonds is 8. The highest BCUT2D eigenvalue weighted by atomic mass is 35.5. The summed E-state index contributed by atoms with van der Waals surface area (Å²) in [6, 6.07) is 4.99. The van der Waals surface area contributed by atoms with Crippen molar-refractivity contribution in [2.45, 2.75) is 32.7 Å². The standard InChI is InChI=1S/C16H24FN3O2.ClH/c1-3-11(2)14(18)16(22)20-9-5-8-19-15(21)12-6-4-7-13(17)10-12;/h4,6-7,10-11,14H,3,5,8-9,18H2,1-2H3,(H,19,21)(H,20,22);1H. The van der Waals surface area contributed by atoms with Gasteiger partial charge in [0, 0.05) is 18.7 Å². The van der Waals surface area contributed by atoms with Gasteiger partial charge in [-0.25, -0.2) is 4.39 Å². The Morgan fingerprint density at radius 3 is 2.52 bits per heavy atom. The average Bonchev–Trinajstić information content (AvgIpc) is 2.52. The predicted molar refractivity (Wildman–Crippen MR) is 91.0 cm³/mol. The Balaban J connectivity index is 0.00000484. The van der Waals surface area contributed by atoms with Gasteiger partial charge in [-0.1, -0.05) is 26.3 Å². The molecule has 23 heavy (non-hydrogen) atoms. The second-order valence-electron chi connectivity index (χ2n) is 5.32. The highest BCUT2D eigenvalue weighted by Crippen LogP contribution is 2.05. The molecule has 0 aromatic heterocycles. The first kappa shape index (κ1) is 21.3. The van der Waals surface area contributed by atoms with Crippen LogP contribution in [0.15, 0.2) is 24.3 Å². The van der Waals surface area contributed by atoms with E-state index in [9.17, 15) is 14.0 Å². The number of carbonyl (C=O) groups excluding carboxylic acids is 2. The van der Waals surface area contributed by atoms with Crippen LogP contribution < -0.4 is 16.4 Å². The van der Waals surface area contributed by atoms with E-state index in [2.05, 4.69) is 10.6 Å². The van der Waals surface area contributed by atoms with Crippen molar-refractivity contribution in [2.24, 2.45) is 11.7 Å².